The van der Waals surface area contributed by atoms with Crippen LogP contribution in [-0.2, 0) is 14.9 Å². The molecule has 1 aromatic carbocycles. The topological polar surface area (TPSA) is 69.7 Å². The molecule has 120 valence electrons. The van der Waals surface area contributed by atoms with Crippen molar-refractivity contribution in [3.05, 3.63) is 36.2 Å². The highest BCUT2D eigenvalue weighted by Crippen LogP contribution is 2.08. The minimum absolute atomic E-state index is 0.178. The van der Waals surface area contributed by atoms with Crippen molar-refractivity contribution in [2.24, 2.45) is 0 Å². The summed E-state index contributed by atoms with van der Waals surface area (Å²) in [7, 11) is -2.20. The largest absolute Gasteiger partial charge is 0.744 e. The highest BCUT2D eigenvalue weighted by Gasteiger charge is 2.14. The Kier molecular flexibility index (Phi) is 9.28. The van der Waals surface area contributed by atoms with Gasteiger partial charge in [0.2, 0.25) is 0 Å². The summed E-state index contributed by atoms with van der Waals surface area (Å²) in [5, 5.41) is 0. The maximum atomic E-state index is 10.4. The molecule has 1 aliphatic heterocycles. The summed E-state index contributed by atoms with van der Waals surface area (Å²) in [6.07, 6.45) is 2.35. The number of ether oxygens (including phenoxy) is 1. The van der Waals surface area contributed by atoms with Crippen LogP contribution < -0.4 is 0 Å². The minimum atomic E-state index is -4.27. The summed E-state index contributed by atoms with van der Waals surface area (Å²) >= 11 is 0. The monoisotopic (exact) mass is 315 g/mol. The Morgan fingerprint density at radius 3 is 2.00 bits per heavy atom. The SMILES string of the molecule is CC1OCCN1C.C[CH+]C.Cc1ccc(S(=O)(=O)[O-])cc1. The fourth-order valence-electron chi connectivity index (χ4n) is 1.38. The van der Waals surface area contributed by atoms with Crippen LogP contribution in [0.2, 0.25) is 0 Å². The summed E-state index contributed by atoms with van der Waals surface area (Å²) in [5.41, 5.74) is 0.928. The van der Waals surface area contributed by atoms with Gasteiger partial charge in [-0.25, -0.2) is 8.42 Å². The maximum Gasteiger partial charge on any atom is 0.124 e. The van der Waals surface area contributed by atoms with Gasteiger partial charge in [-0.2, -0.15) is 0 Å². The highest BCUT2D eigenvalue weighted by atomic mass is 32.2. The number of nitrogens with zero attached hydrogens (tertiary/aromatic N) is 1. The van der Waals surface area contributed by atoms with E-state index in [0.29, 0.717) is 6.23 Å². The molecule has 0 spiro atoms. The second-order valence-electron chi connectivity index (χ2n) is 4.80. The van der Waals surface area contributed by atoms with Crippen molar-refractivity contribution in [2.75, 3.05) is 20.2 Å². The van der Waals surface area contributed by atoms with Crippen LogP contribution in [0.4, 0.5) is 0 Å². The number of hydrogen-bond acceptors (Lipinski definition) is 5. The van der Waals surface area contributed by atoms with Gasteiger partial charge >= 0.3 is 0 Å². The van der Waals surface area contributed by atoms with Crippen molar-refractivity contribution in [3.63, 3.8) is 0 Å². The predicted octanol–water partition coefficient (Wildman–Crippen LogP) is 2.42. The number of rotatable bonds is 1. The van der Waals surface area contributed by atoms with Gasteiger partial charge in [-0.15, -0.1) is 0 Å². The lowest BCUT2D eigenvalue weighted by Crippen LogP contribution is -2.21. The van der Waals surface area contributed by atoms with E-state index in [-0.39, 0.29) is 4.90 Å². The van der Waals surface area contributed by atoms with E-state index < -0.39 is 10.1 Å². The first-order chi connectivity index (χ1) is 9.72. The Labute approximate surface area is 128 Å². The molecular weight excluding hydrogens is 290 g/mol. The second kappa shape index (κ2) is 9.78. The third-order valence-electron chi connectivity index (χ3n) is 2.73. The fraction of sp³-hybridized carbons (Fsp3) is 0.533. The highest BCUT2D eigenvalue weighted by molar-refractivity contribution is 7.85. The van der Waals surface area contributed by atoms with E-state index in [1.807, 2.05) is 27.2 Å². The Bertz CT molecular complexity index is 477. The van der Waals surface area contributed by atoms with E-state index in [1.54, 1.807) is 12.1 Å². The third-order valence-corrected chi connectivity index (χ3v) is 3.58. The Morgan fingerprint density at radius 1 is 1.29 bits per heavy atom. The molecule has 0 amide bonds. The molecule has 5 nitrogen and oxygen atoms in total. The maximum absolute atomic E-state index is 10.4. The molecule has 0 radical (unpaired) electrons. The summed E-state index contributed by atoms with van der Waals surface area (Å²) in [5.74, 6) is 0. The van der Waals surface area contributed by atoms with Gasteiger partial charge in [0.05, 0.1) is 31.8 Å². The molecule has 6 heteroatoms. The molecule has 0 aliphatic carbocycles. The number of likely N-dealkylation sites (N-methyl/N-ethyl adjacent to an activating group) is 1. The van der Waals surface area contributed by atoms with Crippen molar-refractivity contribution in [3.8, 4) is 0 Å². The summed E-state index contributed by atoms with van der Waals surface area (Å²) in [4.78, 5) is 2.00. The van der Waals surface area contributed by atoms with Gasteiger partial charge < -0.3 is 9.29 Å². The van der Waals surface area contributed by atoms with Crippen LogP contribution >= 0.6 is 0 Å². The number of aryl methyl sites for hydroxylation is 1. The molecule has 1 fully saturated rings. The zero-order valence-corrected chi connectivity index (χ0v) is 14.2. The smallest absolute Gasteiger partial charge is 0.124 e. The Balaban J connectivity index is 0.000000342. The van der Waals surface area contributed by atoms with Crippen molar-refractivity contribution in [1.82, 2.24) is 4.90 Å². The van der Waals surface area contributed by atoms with Crippen LogP contribution in [0.25, 0.3) is 0 Å². The van der Waals surface area contributed by atoms with Crippen LogP contribution in [-0.4, -0.2) is 44.3 Å². The van der Waals surface area contributed by atoms with E-state index in [1.165, 1.54) is 12.1 Å². The molecule has 2 rings (SSSR count). The lowest BCUT2D eigenvalue weighted by atomic mass is 10.2. The molecule has 1 unspecified atom stereocenters. The van der Waals surface area contributed by atoms with Crippen molar-refractivity contribution < 1.29 is 17.7 Å². The van der Waals surface area contributed by atoms with Crippen LogP contribution in [0.3, 0.4) is 0 Å². The summed E-state index contributed by atoms with van der Waals surface area (Å²) < 4.78 is 36.4. The predicted molar refractivity (Wildman–Crippen MR) is 82.8 cm³/mol. The minimum Gasteiger partial charge on any atom is -0.744 e. The molecule has 1 aromatic rings. The van der Waals surface area contributed by atoms with Gasteiger partial charge in [0.1, 0.15) is 16.3 Å². The van der Waals surface area contributed by atoms with Crippen molar-refractivity contribution >= 4 is 10.1 Å². The molecule has 1 aliphatic rings. The first-order valence-corrected chi connectivity index (χ1v) is 8.21. The normalized spacial score (nSPS) is 18.1. The second-order valence-corrected chi connectivity index (χ2v) is 6.17. The zero-order chi connectivity index (χ0) is 16.5. The molecule has 0 aromatic heterocycles. The quantitative estimate of drug-likeness (QED) is 0.588. The fourth-order valence-corrected chi connectivity index (χ4v) is 1.85. The van der Waals surface area contributed by atoms with Gasteiger partial charge in [-0.3, -0.25) is 4.90 Å². The van der Waals surface area contributed by atoms with Crippen LogP contribution in [0.5, 0.6) is 0 Å². The molecule has 21 heavy (non-hydrogen) atoms. The van der Waals surface area contributed by atoms with E-state index in [4.69, 9.17) is 4.74 Å². The molecular formula is C15H25NO4S. The number of hydrogen-bond donors (Lipinski definition) is 0. The van der Waals surface area contributed by atoms with E-state index in [0.717, 1.165) is 18.7 Å². The van der Waals surface area contributed by atoms with Crippen molar-refractivity contribution in [1.29, 1.82) is 0 Å². The first-order valence-electron chi connectivity index (χ1n) is 6.80. The van der Waals surface area contributed by atoms with Crippen LogP contribution in [0, 0.1) is 13.3 Å². The lowest BCUT2D eigenvalue weighted by Gasteiger charge is -2.10. The van der Waals surface area contributed by atoms with Gasteiger partial charge in [0, 0.05) is 6.54 Å². The Hall–Kier alpha value is -1.08. The van der Waals surface area contributed by atoms with Gasteiger partial charge in [-0.05, 0) is 33.0 Å². The molecule has 1 heterocycles. The lowest BCUT2D eigenvalue weighted by molar-refractivity contribution is 0.0625. The van der Waals surface area contributed by atoms with E-state index in [9.17, 15) is 13.0 Å². The van der Waals surface area contributed by atoms with Crippen LogP contribution in [0.1, 0.15) is 26.3 Å². The van der Waals surface area contributed by atoms with Gasteiger partial charge in [0.25, 0.3) is 0 Å². The number of benzene rings is 1. The average molecular weight is 315 g/mol. The molecule has 1 saturated heterocycles. The zero-order valence-electron chi connectivity index (χ0n) is 13.4. The van der Waals surface area contributed by atoms with E-state index >= 15 is 0 Å². The summed E-state index contributed by atoms with van der Waals surface area (Å²) in [6.45, 7) is 9.87. The molecule has 1 atom stereocenters. The van der Waals surface area contributed by atoms with Crippen LogP contribution in [0.15, 0.2) is 29.2 Å². The van der Waals surface area contributed by atoms with E-state index in [2.05, 4.69) is 18.9 Å². The standard InChI is InChI=1S/C7H8O3S.C5H11NO.C3H7/c1-6-2-4-7(5-3-6)11(8,9)10;1-5-6(2)3-4-7-5;1-3-2/h2-5H,1H3,(H,8,9,10);5H,3-4H2,1-2H3;3H,1-2H3/q;;+1/p-1. The first kappa shape index (κ1) is 19.9. The molecule has 0 N–H and O–H groups in total. The summed E-state index contributed by atoms with van der Waals surface area (Å²) in [6, 6.07) is 5.78. The van der Waals surface area contributed by atoms with Crippen molar-refractivity contribution in [2.45, 2.75) is 38.8 Å². The van der Waals surface area contributed by atoms with Gasteiger partial charge in [0.15, 0.2) is 0 Å². The molecule has 0 saturated carbocycles. The average Bonchev–Trinajstić information content (AvgIpc) is 2.75. The third kappa shape index (κ3) is 8.72. The van der Waals surface area contributed by atoms with Gasteiger partial charge in [-0.1, -0.05) is 17.7 Å². The Morgan fingerprint density at radius 2 is 1.76 bits per heavy atom. The molecule has 0 bridgehead atoms.